The van der Waals surface area contributed by atoms with Gasteiger partial charge in [-0.2, -0.15) is 0 Å². The van der Waals surface area contributed by atoms with Gasteiger partial charge >= 0.3 is 0 Å². The zero-order chi connectivity index (χ0) is 14.1. The zero-order valence-corrected chi connectivity index (χ0v) is 16.1. The van der Waals surface area contributed by atoms with Gasteiger partial charge in [-0.3, -0.25) is 4.99 Å². The molecule has 1 saturated heterocycles. The average molecular weight is 405 g/mol. The second-order valence-electron chi connectivity index (χ2n) is 7.49. The van der Waals surface area contributed by atoms with Crippen LogP contribution in [0.3, 0.4) is 0 Å². The predicted octanol–water partition coefficient (Wildman–Crippen LogP) is 4.03. The van der Waals surface area contributed by atoms with Crippen LogP contribution in [0.2, 0.25) is 0 Å². The molecule has 1 aliphatic heterocycles. The van der Waals surface area contributed by atoms with Crippen LogP contribution in [0.15, 0.2) is 4.99 Å². The Labute approximate surface area is 147 Å². The summed E-state index contributed by atoms with van der Waals surface area (Å²) in [5.74, 6) is 1.16. The number of hydrogen-bond acceptors (Lipinski definition) is 1. The maximum Gasteiger partial charge on any atom is 0.193 e. The minimum Gasteiger partial charge on any atom is -0.356 e. The standard InChI is InChI=1S/C17H31N3.HI/c1-3-16(7-4-5-8-16)13-19-15(18-2)20-12-11-17(14-20)9-6-10-17;/h3-14H2,1-2H3,(H,18,19);1H. The fourth-order valence-electron chi connectivity index (χ4n) is 4.58. The molecule has 0 aromatic carbocycles. The first kappa shape index (κ1) is 17.4. The summed E-state index contributed by atoms with van der Waals surface area (Å²) in [6.45, 7) is 5.93. The molecule has 1 N–H and O–H groups in total. The lowest BCUT2D eigenvalue weighted by Gasteiger charge is -2.38. The molecule has 122 valence electrons. The molecular weight excluding hydrogens is 373 g/mol. The van der Waals surface area contributed by atoms with E-state index >= 15 is 0 Å². The lowest BCUT2D eigenvalue weighted by Crippen LogP contribution is -2.45. The van der Waals surface area contributed by atoms with E-state index in [0.717, 1.165) is 12.5 Å². The van der Waals surface area contributed by atoms with Gasteiger partial charge in [-0.25, -0.2) is 0 Å². The third-order valence-electron chi connectivity index (χ3n) is 6.40. The van der Waals surface area contributed by atoms with Gasteiger partial charge in [0.15, 0.2) is 5.96 Å². The fourth-order valence-corrected chi connectivity index (χ4v) is 4.58. The topological polar surface area (TPSA) is 27.6 Å². The highest BCUT2D eigenvalue weighted by atomic mass is 127. The van der Waals surface area contributed by atoms with Crippen molar-refractivity contribution in [1.82, 2.24) is 10.2 Å². The average Bonchev–Trinajstić information content (AvgIpc) is 3.06. The quantitative estimate of drug-likeness (QED) is 0.436. The number of hydrogen-bond donors (Lipinski definition) is 1. The number of halogens is 1. The van der Waals surface area contributed by atoms with E-state index < -0.39 is 0 Å². The van der Waals surface area contributed by atoms with Crippen molar-refractivity contribution in [2.45, 2.75) is 64.7 Å². The molecule has 0 aromatic heterocycles. The molecule has 0 bridgehead atoms. The van der Waals surface area contributed by atoms with Crippen molar-refractivity contribution in [1.29, 1.82) is 0 Å². The third-order valence-corrected chi connectivity index (χ3v) is 6.40. The molecule has 0 amide bonds. The number of likely N-dealkylation sites (tertiary alicyclic amines) is 1. The second-order valence-corrected chi connectivity index (χ2v) is 7.49. The molecule has 1 spiro atoms. The molecule has 0 aromatic rings. The third kappa shape index (κ3) is 3.50. The predicted molar refractivity (Wildman–Crippen MR) is 100 cm³/mol. The monoisotopic (exact) mass is 405 g/mol. The molecule has 1 heterocycles. The highest BCUT2D eigenvalue weighted by molar-refractivity contribution is 14.0. The Hall–Kier alpha value is 0. The van der Waals surface area contributed by atoms with Crippen molar-refractivity contribution in [3.05, 3.63) is 0 Å². The molecule has 3 aliphatic rings. The Morgan fingerprint density at radius 2 is 1.81 bits per heavy atom. The lowest BCUT2D eigenvalue weighted by molar-refractivity contribution is 0.151. The van der Waals surface area contributed by atoms with Gasteiger partial charge in [-0.05, 0) is 49.4 Å². The van der Waals surface area contributed by atoms with Crippen molar-refractivity contribution >= 4 is 29.9 Å². The van der Waals surface area contributed by atoms with Gasteiger partial charge < -0.3 is 10.2 Å². The number of nitrogens with one attached hydrogen (secondary N) is 1. The van der Waals surface area contributed by atoms with E-state index in [2.05, 4.69) is 22.1 Å². The highest BCUT2D eigenvalue weighted by Gasteiger charge is 2.43. The van der Waals surface area contributed by atoms with Crippen LogP contribution < -0.4 is 5.32 Å². The minimum absolute atomic E-state index is 0. The molecule has 2 aliphatic carbocycles. The molecule has 2 saturated carbocycles. The minimum atomic E-state index is 0. The summed E-state index contributed by atoms with van der Waals surface area (Å²) >= 11 is 0. The number of rotatable bonds is 3. The van der Waals surface area contributed by atoms with Crippen molar-refractivity contribution in [2.24, 2.45) is 15.8 Å². The summed E-state index contributed by atoms with van der Waals surface area (Å²) in [6, 6.07) is 0. The Morgan fingerprint density at radius 1 is 1.10 bits per heavy atom. The van der Waals surface area contributed by atoms with Crippen LogP contribution in [0, 0.1) is 10.8 Å². The first-order chi connectivity index (χ1) is 9.71. The van der Waals surface area contributed by atoms with E-state index in [1.54, 1.807) is 0 Å². The first-order valence-electron chi connectivity index (χ1n) is 8.67. The van der Waals surface area contributed by atoms with Crippen LogP contribution in [0.25, 0.3) is 0 Å². The number of guanidine groups is 1. The summed E-state index contributed by atoms with van der Waals surface area (Å²) in [5.41, 5.74) is 1.21. The Bertz CT molecular complexity index is 370. The van der Waals surface area contributed by atoms with Crippen LogP contribution in [0.4, 0.5) is 0 Å². The van der Waals surface area contributed by atoms with Gasteiger partial charge in [0.05, 0.1) is 0 Å². The Kier molecular flexibility index (Phi) is 5.83. The van der Waals surface area contributed by atoms with Crippen LogP contribution in [0.1, 0.15) is 64.7 Å². The van der Waals surface area contributed by atoms with E-state index in [9.17, 15) is 0 Å². The summed E-state index contributed by atoms with van der Waals surface area (Å²) in [6.07, 6.45) is 12.7. The zero-order valence-electron chi connectivity index (χ0n) is 13.8. The van der Waals surface area contributed by atoms with Gasteiger partial charge in [-0.15, -0.1) is 24.0 Å². The van der Waals surface area contributed by atoms with Gasteiger partial charge in [0.25, 0.3) is 0 Å². The molecule has 0 atom stereocenters. The summed E-state index contributed by atoms with van der Waals surface area (Å²) in [5, 5.41) is 3.71. The molecular formula is C17H32IN3. The highest BCUT2D eigenvalue weighted by Crippen LogP contribution is 2.48. The normalized spacial score (nSPS) is 26.6. The van der Waals surface area contributed by atoms with E-state index in [1.807, 2.05) is 7.05 Å². The second kappa shape index (κ2) is 7.05. The Morgan fingerprint density at radius 3 is 2.29 bits per heavy atom. The molecule has 4 heteroatoms. The van der Waals surface area contributed by atoms with Gasteiger partial charge in [0, 0.05) is 26.7 Å². The van der Waals surface area contributed by atoms with Crippen LogP contribution >= 0.6 is 24.0 Å². The van der Waals surface area contributed by atoms with Gasteiger partial charge in [-0.1, -0.05) is 26.2 Å². The first-order valence-corrected chi connectivity index (χ1v) is 8.67. The molecule has 3 fully saturated rings. The summed E-state index contributed by atoms with van der Waals surface area (Å²) < 4.78 is 0. The maximum absolute atomic E-state index is 4.55. The van der Waals surface area contributed by atoms with Crippen molar-refractivity contribution in [3.8, 4) is 0 Å². The Balaban J connectivity index is 0.00000161. The summed E-state index contributed by atoms with van der Waals surface area (Å²) in [7, 11) is 1.95. The SMILES string of the molecule is CCC1(CNC(=NC)N2CCC3(CCC3)C2)CCCC1.I. The number of nitrogens with zero attached hydrogens (tertiary/aromatic N) is 2. The van der Waals surface area contributed by atoms with Crippen LogP contribution in [-0.2, 0) is 0 Å². The fraction of sp³-hybridized carbons (Fsp3) is 0.941. The van der Waals surface area contributed by atoms with E-state index in [1.165, 1.54) is 70.9 Å². The number of aliphatic imine (C=N–C) groups is 1. The lowest BCUT2D eigenvalue weighted by atomic mass is 9.68. The van der Waals surface area contributed by atoms with E-state index in [-0.39, 0.29) is 24.0 Å². The smallest absolute Gasteiger partial charge is 0.193 e. The summed E-state index contributed by atoms with van der Waals surface area (Å²) in [4.78, 5) is 7.06. The van der Waals surface area contributed by atoms with Gasteiger partial charge in [0.1, 0.15) is 0 Å². The molecule has 3 nitrogen and oxygen atoms in total. The van der Waals surface area contributed by atoms with Gasteiger partial charge in [0.2, 0.25) is 0 Å². The van der Waals surface area contributed by atoms with Crippen molar-refractivity contribution in [2.75, 3.05) is 26.7 Å². The maximum atomic E-state index is 4.55. The molecule has 0 radical (unpaired) electrons. The van der Waals surface area contributed by atoms with Crippen LogP contribution in [0.5, 0.6) is 0 Å². The molecule has 0 unspecified atom stereocenters. The van der Waals surface area contributed by atoms with E-state index in [0.29, 0.717) is 10.8 Å². The van der Waals surface area contributed by atoms with Crippen molar-refractivity contribution in [3.63, 3.8) is 0 Å². The molecule has 3 rings (SSSR count). The van der Waals surface area contributed by atoms with Crippen molar-refractivity contribution < 1.29 is 0 Å². The molecule has 21 heavy (non-hydrogen) atoms. The van der Waals surface area contributed by atoms with Crippen LogP contribution in [-0.4, -0.2) is 37.5 Å². The largest absolute Gasteiger partial charge is 0.356 e. The van der Waals surface area contributed by atoms with E-state index in [4.69, 9.17) is 0 Å².